The molecule has 0 unspecified atom stereocenters. The molecule has 2 aromatic rings. The minimum Gasteiger partial charge on any atom is -0.478 e. The van der Waals surface area contributed by atoms with Crippen LogP contribution in [0, 0.1) is 21.7 Å². The van der Waals surface area contributed by atoms with Crippen LogP contribution in [0.25, 0.3) is 0 Å². The summed E-state index contributed by atoms with van der Waals surface area (Å²) in [4.78, 5) is 13.7. The molecular weight excluding hydrogens is 270 g/mol. The normalized spacial score (nSPS) is 11.9. The summed E-state index contributed by atoms with van der Waals surface area (Å²) in [6, 6.07) is 5.75. The Bertz CT molecular complexity index is 649. The van der Waals surface area contributed by atoms with Crippen LogP contribution in [0.3, 0.4) is 0 Å². The number of halogens is 2. The first kappa shape index (κ1) is 13.9. The van der Waals surface area contributed by atoms with Crippen LogP contribution >= 0.6 is 0 Å². The lowest BCUT2D eigenvalue weighted by atomic mass is 10.1. The van der Waals surface area contributed by atoms with Gasteiger partial charge in [-0.1, -0.05) is 0 Å². The zero-order valence-electron chi connectivity index (χ0n) is 10.4. The highest BCUT2D eigenvalue weighted by Crippen LogP contribution is 2.29. The topological polar surface area (TPSA) is 65.3 Å². The van der Waals surface area contributed by atoms with E-state index in [1.165, 1.54) is 25.3 Å². The lowest BCUT2D eigenvalue weighted by molar-refractivity contribution is -0.390. The van der Waals surface area contributed by atoms with Gasteiger partial charge in [0.15, 0.2) is 0 Å². The lowest BCUT2D eigenvalue weighted by Crippen LogP contribution is -2.08. The number of pyridine rings is 1. The molecule has 0 aliphatic carbocycles. The van der Waals surface area contributed by atoms with Gasteiger partial charge in [0.1, 0.15) is 23.9 Å². The molecule has 7 heteroatoms. The molecule has 0 saturated heterocycles. The van der Waals surface area contributed by atoms with E-state index in [1.807, 2.05) is 0 Å². The van der Waals surface area contributed by atoms with Gasteiger partial charge in [0.25, 0.3) is 0 Å². The molecule has 20 heavy (non-hydrogen) atoms. The Labute approximate surface area is 113 Å². The Morgan fingerprint density at radius 3 is 2.80 bits per heavy atom. The molecule has 0 amide bonds. The van der Waals surface area contributed by atoms with Crippen LogP contribution in [0.4, 0.5) is 14.6 Å². The molecule has 0 aliphatic heterocycles. The molecule has 104 valence electrons. The average molecular weight is 280 g/mol. The Balaban J connectivity index is 2.30. The van der Waals surface area contributed by atoms with Gasteiger partial charge in [-0.05, 0) is 47.2 Å². The number of benzene rings is 1. The van der Waals surface area contributed by atoms with Crippen LogP contribution in [-0.2, 0) is 0 Å². The van der Waals surface area contributed by atoms with Crippen molar-refractivity contribution in [2.75, 3.05) is 0 Å². The van der Waals surface area contributed by atoms with Crippen molar-refractivity contribution in [3.63, 3.8) is 0 Å². The maximum Gasteiger partial charge on any atom is 0.406 e. The fraction of sp³-hybridized carbons (Fsp3) is 0.154. The Morgan fingerprint density at radius 2 is 2.10 bits per heavy atom. The zero-order valence-corrected chi connectivity index (χ0v) is 10.4. The second-order valence-corrected chi connectivity index (χ2v) is 4.01. The number of hydrogen-bond donors (Lipinski definition) is 0. The third-order valence-electron chi connectivity index (χ3n) is 2.62. The molecule has 1 aromatic carbocycles. The third kappa shape index (κ3) is 2.87. The highest BCUT2D eigenvalue weighted by atomic mass is 19.1. The van der Waals surface area contributed by atoms with E-state index in [2.05, 4.69) is 4.98 Å². The van der Waals surface area contributed by atoms with Crippen molar-refractivity contribution in [3.8, 4) is 5.75 Å². The second-order valence-electron chi connectivity index (χ2n) is 4.01. The molecule has 5 nitrogen and oxygen atoms in total. The number of nitrogens with zero attached hydrogens (tertiary/aromatic N) is 2. The summed E-state index contributed by atoms with van der Waals surface area (Å²) in [6.45, 7) is 1.47. The summed E-state index contributed by atoms with van der Waals surface area (Å²) < 4.78 is 32.0. The molecule has 1 atom stereocenters. The van der Waals surface area contributed by atoms with Crippen molar-refractivity contribution in [1.82, 2.24) is 4.98 Å². The molecular formula is C13H10F2N2O3. The average Bonchev–Trinajstić information content (AvgIpc) is 2.41. The van der Waals surface area contributed by atoms with Crippen LogP contribution in [0.15, 0.2) is 36.5 Å². The van der Waals surface area contributed by atoms with Crippen LogP contribution in [0.5, 0.6) is 5.75 Å². The van der Waals surface area contributed by atoms with E-state index >= 15 is 0 Å². The van der Waals surface area contributed by atoms with E-state index in [4.69, 9.17) is 4.74 Å². The highest BCUT2D eigenvalue weighted by Gasteiger charge is 2.20. The maximum absolute atomic E-state index is 13.6. The largest absolute Gasteiger partial charge is 0.478 e. The lowest BCUT2D eigenvalue weighted by Gasteiger charge is -2.15. The van der Waals surface area contributed by atoms with Gasteiger partial charge in [0, 0.05) is 5.56 Å². The van der Waals surface area contributed by atoms with Crippen LogP contribution in [-0.4, -0.2) is 9.91 Å². The monoisotopic (exact) mass is 280 g/mol. The molecule has 0 spiro atoms. The molecule has 0 radical (unpaired) electrons. The van der Waals surface area contributed by atoms with E-state index in [9.17, 15) is 18.9 Å². The summed E-state index contributed by atoms with van der Waals surface area (Å²) in [5, 5.41) is 10.8. The first-order valence-electron chi connectivity index (χ1n) is 5.70. The van der Waals surface area contributed by atoms with Crippen molar-refractivity contribution in [3.05, 3.63) is 63.8 Å². The number of hydrogen-bond acceptors (Lipinski definition) is 4. The van der Waals surface area contributed by atoms with Gasteiger partial charge in [-0.15, -0.1) is 0 Å². The molecule has 1 heterocycles. The molecule has 0 saturated carbocycles. The standard InChI is InChI=1S/C13H10F2N2O3/c1-8(10-7-9(14)4-5-11(10)15)20-12-3-2-6-16-13(12)17(18)19/h2-8H,1H3/t8-/m0/s1. The Hall–Kier alpha value is -2.57. The molecule has 0 fully saturated rings. The fourth-order valence-corrected chi connectivity index (χ4v) is 1.69. The SMILES string of the molecule is C[C@H](Oc1cccnc1[N+](=O)[O-])c1cc(F)ccc1F. The number of rotatable bonds is 4. The minimum atomic E-state index is -0.895. The Morgan fingerprint density at radius 1 is 1.35 bits per heavy atom. The van der Waals surface area contributed by atoms with Gasteiger partial charge in [0.05, 0.1) is 0 Å². The van der Waals surface area contributed by atoms with Crippen molar-refractivity contribution in [1.29, 1.82) is 0 Å². The fourth-order valence-electron chi connectivity index (χ4n) is 1.69. The van der Waals surface area contributed by atoms with Crippen molar-refractivity contribution >= 4 is 5.82 Å². The summed E-state index contributed by atoms with van der Waals surface area (Å²) in [7, 11) is 0. The smallest absolute Gasteiger partial charge is 0.406 e. The summed E-state index contributed by atoms with van der Waals surface area (Å²) in [6.07, 6.45) is 0.354. The first-order valence-corrected chi connectivity index (χ1v) is 5.70. The summed E-state index contributed by atoms with van der Waals surface area (Å²) in [5.74, 6) is -1.84. The van der Waals surface area contributed by atoms with Crippen LogP contribution < -0.4 is 4.74 Å². The highest BCUT2D eigenvalue weighted by molar-refractivity contribution is 5.39. The van der Waals surface area contributed by atoms with E-state index in [0.717, 1.165) is 18.2 Å². The van der Waals surface area contributed by atoms with Crippen molar-refractivity contribution in [2.45, 2.75) is 13.0 Å². The number of aromatic nitrogens is 1. The van der Waals surface area contributed by atoms with E-state index < -0.39 is 28.5 Å². The van der Waals surface area contributed by atoms with Gasteiger partial charge in [0.2, 0.25) is 5.75 Å². The van der Waals surface area contributed by atoms with Crippen molar-refractivity contribution < 1.29 is 18.4 Å². The second kappa shape index (κ2) is 5.60. The van der Waals surface area contributed by atoms with Gasteiger partial charge in [-0.2, -0.15) is 0 Å². The van der Waals surface area contributed by atoms with E-state index in [1.54, 1.807) is 0 Å². The van der Waals surface area contributed by atoms with Gasteiger partial charge in [-0.3, -0.25) is 0 Å². The predicted octanol–water partition coefficient (Wildman–Crippen LogP) is 3.41. The third-order valence-corrected chi connectivity index (χ3v) is 2.62. The molecule has 0 bridgehead atoms. The van der Waals surface area contributed by atoms with Crippen LogP contribution in [0.2, 0.25) is 0 Å². The molecule has 0 N–H and O–H groups in total. The van der Waals surface area contributed by atoms with Crippen LogP contribution in [0.1, 0.15) is 18.6 Å². The maximum atomic E-state index is 13.6. The molecule has 0 aliphatic rings. The summed E-state index contributed by atoms with van der Waals surface area (Å²) in [5.41, 5.74) is -0.0249. The molecule has 2 rings (SSSR count). The predicted molar refractivity (Wildman–Crippen MR) is 66.3 cm³/mol. The number of ether oxygens (including phenoxy) is 1. The number of nitro groups is 1. The van der Waals surface area contributed by atoms with Gasteiger partial charge < -0.3 is 14.9 Å². The van der Waals surface area contributed by atoms with Gasteiger partial charge in [-0.25, -0.2) is 8.78 Å². The Kier molecular flexibility index (Phi) is 3.88. The van der Waals surface area contributed by atoms with Gasteiger partial charge >= 0.3 is 5.82 Å². The first-order chi connectivity index (χ1) is 9.49. The van der Waals surface area contributed by atoms with E-state index in [0.29, 0.717) is 0 Å². The van der Waals surface area contributed by atoms with Crippen molar-refractivity contribution in [2.24, 2.45) is 0 Å². The molecule has 1 aromatic heterocycles. The van der Waals surface area contributed by atoms with E-state index in [-0.39, 0.29) is 11.3 Å². The minimum absolute atomic E-state index is 0.0249. The summed E-state index contributed by atoms with van der Waals surface area (Å²) >= 11 is 0. The zero-order chi connectivity index (χ0) is 14.7. The quantitative estimate of drug-likeness (QED) is 0.636.